The number of nitrogens with zero attached hydrogens (tertiary/aromatic N) is 2. The van der Waals surface area contributed by atoms with Crippen LogP contribution in [0, 0.1) is 13.8 Å². The van der Waals surface area contributed by atoms with Gasteiger partial charge in [0.2, 0.25) is 5.66 Å². The molecule has 8 nitrogen and oxygen atoms in total. The van der Waals surface area contributed by atoms with Crippen LogP contribution in [0.1, 0.15) is 33.4 Å². The second-order valence-corrected chi connectivity index (χ2v) is 11.7. The van der Waals surface area contributed by atoms with Gasteiger partial charge in [-0.1, -0.05) is 60.7 Å². The van der Waals surface area contributed by atoms with Crippen LogP contribution in [0.4, 0.5) is 0 Å². The summed E-state index contributed by atoms with van der Waals surface area (Å²) in [7, 11) is 3.21. The van der Waals surface area contributed by atoms with Crippen molar-refractivity contribution in [2.24, 2.45) is 9.98 Å². The van der Waals surface area contributed by atoms with Gasteiger partial charge in [0, 0.05) is 45.8 Å². The molecule has 0 bridgehead atoms. The van der Waals surface area contributed by atoms with Crippen molar-refractivity contribution in [3.8, 4) is 45.6 Å². The molecule has 0 saturated carbocycles. The van der Waals surface area contributed by atoms with Crippen LogP contribution >= 0.6 is 0 Å². The Morgan fingerprint density at radius 2 is 0.979 bits per heavy atom. The standard InChI is InChI=1S/C39H32N2O6/c1-21-13-29-35(33(15-21)46-3)36-30(14-22(2)16-34(36)47-4)39(29,40-19-27-25-11-7-5-9-23(25)17-31(42)37(27)44)41-20-28-26-12-8-6-10-24(26)18-32(43)38(28)45/h5-20,42-45H,1-4H3. The van der Waals surface area contributed by atoms with Crippen molar-refractivity contribution in [1.29, 1.82) is 0 Å². The van der Waals surface area contributed by atoms with E-state index in [4.69, 9.17) is 19.5 Å². The van der Waals surface area contributed by atoms with E-state index in [1.165, 1.54) is 24.6 Å². The van der Waals surface area contributed by atoms with Crippen LogP contribution in [0.5, 0.6) is 34.5 Å². The van der Waals surface area contributed by atoms with Crippen molar-refractivity contribution in [2.75, 3.05) is 14.2 Å². The van der Waals surface area contributed by atoms with Gasteiger partial charge in [-0.15, -0.1) is 0 Å². The summed E-state index contributed by atoms with van der Waals surface area (Å²) in [5, 5.41) is 46.4. The number of hydrogen-bond donors (Lipinski definition) is 4. The molecular formula is C39H32N2O6. The molecule has 6 aromatic carbocycles. The summed E-state index contributed by atoms with van der Waals surface area (Å²) >= 11 is 0. The molecule has 8 heteroatoms. The van der Waals surface area contributed by atoms with Gasteiger partial charge in [-0.25, -0.2) is 0 Å². The predicted octanol–water partition coefficient (Wildman–Crippen LogP) is 7.87. The van der Waals surface area contributed by atoms with Crippen molar-refractivity contribution in [3.05, 3.63) is 118 Å². The van der Waals surface area contributed by atoms with Crippen LogP contribution in [0.15, 0.2) is 94.9 Å². The Hall–Kier alpha value is -6.02. The molecule has 234 valence electrons. The number of aryl methyl sites for hydroxylation is 2. The molecule has 6 aromatic rings. The van der Waals surface area contributed by atoms with Gasteiger partial charge in [0.1, 0.15) is 11.5 Å². The molecule has 0 aromatic heterocycles. The maximum atomic E-state index is 11.1. The van der Waals surface area contributed by atoms with Crippen LogP contribution < -0.4 is 9.47 Å². The molecule has 0 aliphatic heterocycles. The number of hydrogen-bond acceptors (Lipinski definition) is 8. The van der Waals surface area contributed by atoms with E-state index in [2.05, 4.69) is 0 Å². The van der Waals surface area contributed by atoms with Crippen LogP contribution in [-0.2, 0) is 5.66 Å². The van der Waals surface area contributed by atoms with Crippen LogP contribution in [0.2, 0.25) is 0 Å². The summed E-state index contributed by atoms with van der Waals surface area (Å²) in [4.78, 5) is 10.4. The topological polar surface area (TPSA) is 124 Å². The second-order valence-electron chi connectivity index (χ2n) is 11.7. The maximum absolute atomic E-state index is 11.1. The molecular weight excluding hydrogens is 592 g/mol. The van der Waals surface area contributed by atoms with Crippen molar-refractivity contribution in [3.63, 3.8) is 0 Å². The van der Waals surface area contributed by atoms with E-state index in [1.807, 2.05) is 86.6 Å². The summed E-state index contributed by atoms with van der Waals surface area (Å²) in [6.45, 7) is 3.91. The summed E-state index contributed by atoms with van der Waals surface area (Å²) in [6, 6.07) is 25.7. The average molecular weight is 625 g/mol. The van der Waals surface area contributed by atoms with E-state index >= 15 is 0 Å². The van der Waals surface area contributed by atoms with Gasteiger partial charge in [-0.2, -0.15) is 0 Å². The van der Waals surface area contributed by atoms with Crippen molar-refractivity contribution in [2.45, 2.75) is 19.5 Å². The molecule has 4 N–H and O–H groups in total. The van der Waals surface area contributed by atoms with E-state index < -0.39 is 5.66 Å². The van der Waals surface area contributed by atoms with Gasteiger partial charge >= 0.3 is 0 Å². The fraction of sp³-hybridized carbons (Fsp3) is 0.128. The van der Waals surface area contributed by atoms with E-state index in [0.717, 1.165) is 33.0 Å². The highest BCUT2D eigenvalue weighted by atomic mass is 16.5. The molecule has 47 heavy (non-hydrogen) atoms. The fourth-order valence-corrected chi connectivity index (χ4v) is 6.63. The number of phenolic OH excluding ortho intramolecular Hbond substituents is 4. The third kappa shape index (κ3) is 4.60. The van der Waals surface area contributed by atoms with Gasteiger partial charge in [0.05, 0.1) is 14.2 Å². The summed E-state index contributed by atoms with van der Waals surface area (Å²) in [5.74, 6) is 0.0248. The first-order chi connectivity index (χ1) is 22.7. The highest BCUT2D eigenvalue weighted by Gasteiger charge is 2.46. The Bertz CT molecular complexity index is 2140. The first kappa shape index (κ1) is 29.7. The Balaban J connectivity index is 1.61. The molecule has 0 spiro atoms. The minimum absolute atomic E-state index is 0.277. The van der Waals surface area contributed by atoms with E-state index in [9.17, 15) is 20.4 Å². The Morgan fingerprint density at radius 3 is 1.38 bits per heavy atom. The summed E-state index contributed by atoms with van der Waals surface area (Å²) < 4.78 is 11.8. The van der Waals surface area contributed by atoms with Crippen molar-refractivity contribution < 1.29 is 29.9 Å². The number of methoxy groups -OCH3 is 2. The smallest absolute Gasteiger partial charge is 0.202 e. The molecule has 0 radical (unpaired) electrons. The molecule has 0 amide bonds. The first-order valence-electron chi connectivity index (χ1n) is 15.0. The molecule has 0 atom stereocenters. The lowest BCUT2D eigenvalue weighted by Gasteiger charge is -2.25. The minimum Gasteiger partial charge on any atom is -0.504 e. The van der Waals surface area contributed by atoms with Crippen LogP contribution in [0.3, 0.4) is 0 Å². The molecule has 1 aliphatic carbocycles. The average Bonchev–Trinajstić information content (AvgIpc) is 3.33. The zero-order valence-electron chi connectivity index (χ0n) is 26.2. The number of aromatic hydroxyl groups is 4. The minimum atomic E-state index is -1.48. The summed E-state index contributed by atoms with van der Waals surface area (Å²) in [5.41, 5.74) is 3.81. The maximum Gasteiger partial charge on any atom is 0.202 e. The predicted molar refractivity (Wildman–Crippen MR) is 185 cm³/mol. The number of rotatable bonds is 6. The third-order valence-corrected chi connectivity index (χ3v) is 8.78. The fourth-order valence-electron chi connectivity index (χ4n) is 6.63. The number of fused-ring (bicyclic) bond motifs is 5. The van der Waals surface area contributed by atoms with Gasteiger partial charge < -0.3 is 29.9 Å². The van der Waals surface area contributed by atoms with E-state index in [-0.39, 0.29) is 23.0 Å². The molecule has 0 heterocycles. The van der Waals surface area contributed by atoms with E-state index in [1.54, 1.807) is 14.2 Å². The quantitative estimate of drug-likeness (QED) is 0.110. The number of phenols is 4. The van der Waals surface area contributed by atoms with Gasteiger partial charge in [-0.05, 0) is 70.8 Å². The SMILES string of the molecule is COc1cc(C)cc2c1-c1c(OC)cc(C)cc1C2(N=Cc1c(O)c(O)cc2ccccc12)N=Cc1c(O)c(O)cc2ccccc12. The lowest BCUT2D eigenvalue weighted by atomic mass is 9.94. The zero-order valence-corrected chi connectivity index (χ0v) is 26.2. The Labute approximate surface area is 271 Å². The lowest BCUT2D eigenvalue weighted by molar-refractivity contribution is 0.404. The van der Waals surface area contributed by atoms with Crippen LogP contribution in [0.25, 0.3) is 32.7 Å². The molecule has 0 fully saturated rings. The normalized spacial score (nSPS) is 13.4. The van der Waals surface area contributed by atoms with E-state index in [0.29, 0.717) is 44.5 Å². The molecule has 0 unspecified atom stereocenters. The van der Waals surface area contributed by atoms with Gasteiger partial charge in [0.15, 0.2) is 23.0 Å². The largest absolute Gasteiger partial charge is 0.504 e. The van der Waals surface area contributed by atoms with Gasteiger partial charge in [-0.3, -0.25) is 9.98 Å². The number of benzene rings is 6. The number of aliphatic imine (C=N–C) groups is 2. The lowest BCUT2D eigenvalue weighted by Crippen LogP contribution is -2.21. The van der Waals surface area contributed by atoms with Crippen LogP contribution in [-0.4, -0.2) is 47.1 Å². The second kappa shape index (κ2) is 11.1. The summed E-state index contributed by atoms with van der Waals surface area (Å²) in [6.07, 6.45) is 3.05. The highest BCUT2D eigenvalue weighted by molar-refractivity contribution is 6.06. The zero-order chi connectivity index (χ0) is 33.0. The Morgan fingerprint density at radius 1 is 0.574 bits per heavy atom. The Kier molecular flexibility index (Phi) is 7.01. The third-order valence-electron chi connectivity index (χ3n) is 8.78. The van der Waals surface area contributed by atoms with Crippen molar-refractivity contribution >= 4 is 34.0 Å². The molecule has 1 aliphatic rings. The molecule has 0 saturated heterocycles. The monoisotopic (exact) mass is 624 g/mol. The molecule has 7 rings (SSSR count). The number of ether oxygens (including phenoxy) is 2. The van der Waals surface area contributed by atoms with Crippen molar-refractivity contribution in [1.82, 2.24) is 0 Å². The highest BCUT2D eigenvalue weighted by Crippen LogP contribution is 2.58. The van der Waals surface area contributed by atoms with Gasteiger partial charge in [0.25, 0.3) is 0 Å². The first-order valence-corrected chi connectivity index (χ1v) is 15.0.